The van der Waals surface area contributed by atoms with Crippen LogP contribution in [0.2, 0.25) is 10.0 Å². The monoisotopic (exact) mass is 408 g/mol. The van der Waals surface area contributed by atoms with Gasteiger partial charge in [-0.15, -0.1) is 0 Å². The Bertz CT molecular complexity index is 863. The van der Waals surface area contributed by atoms with Gasteiger partial charge in [0.2, 0.25) is 5.91 Å². The van der Waals surface area contributed by atoms with Crippen molar-refractivity contribution in [1.82, 2.24) is 20.4 Å². The molecule has 1 aliphatic heterocycles. The van der Waals surface area contributed by atoms with Crippen molar-refractivity contribution in [3.05, 3.63) is 50.8 Å². The van der Waals surface area contributed by atoms with Gasteiger partial charge in [-0.25, -0.2) is 0 Å². The number of nitrogens with zero attached hydrogens (tertiary/aromatic N) is 2. The van der Waals surface area contributed by atoms with Gasteiger partial charge in [-0.3, -0.25) is 14.7 Å². The zero-order valence-corrected chi connectivity index (χ0v) is 16.8. The topological polar surface area (TPSA) is 78.1 Å². The zero-order valence-electron chi connectivity index (χ0n) is 15.3. The van der Waals surface area contributed by atoms with Crippen LogP contribution in [0.1, 0.15) is 41.2 Å². The minimum atomic E-state index is -0.212. The molecule has 0 atom stereocenters. The summed E-state index contributed by atoms with van der Waals surface area (Å²) in [6.07, 6.45) is 0.831. The molecule has 0 bridgehead atoms. The quantitative estimate of drug-likeness (QED) is 0.796. The van der Waals surface area contributed by atoms with Crippen LogP contribution < -0.4 is 5.32 Å². The maximum Gasteiger partial charge on any atom is 0.272 e. The number of hydrogen-bond acceptors (Lipinski definition) is 3. The Balaban J connectivity index is 1.70. The molecule has 0 aliphatic carbocycles. The zero-order chi connectivity index (χ0) is 19.6. The van der Waals surface area contributed by atoms with Gasteiger partial charge in [0.05, 0.1) is 6.42 Å². The molecule has 2 heterocycles. The van der Waals surface area contributed by atoms with Gasteiger partial charge in [0.15, 0.2) is 5.69 Å². The Kier molecular flexibility index (Phi) is 6.07. The number of aromatic nitrogens is 2. The highest BCUT2D eigenvalue weighted by atomic mass is 35.5. The third-order valence-electron chi connectivity index (χ3n) is 4.53. The molecule has 2 amide bonds. The van der Waals surface area contributed by atoms with Crippen LogP contribution in [0.15, 0.2) is 18.2 Å². The van der Waals surface area contributed by atoms with Crippen LogP contribution in [0, 0.1) is 5.92 Å². The van der Waals surface area contributed by atoms with Gasteiger partial charge in [-0.05, 0) is 23.6 Å². The first-order valence-corrected chi connectivity index (χ1v) is 9.66. The van der Waals surface area contributed by atoms with E-state index < -0.39 is 0 Å². The number of aromatic amines is 1. The van der Waals surface area contributed by atoms with E-state index in [1.165, 1.54) is 0 Å². The first-order chi connectivity index (χ1) is 12.8. The minimum Gasteiger partial charge on any atom is -0.350 e. The number of rotatable bonds is 5. The Labute approximate surface area is 168 Å². The molecule has 2 N–H and O–H groups in total. The van der Waals surface area contributed by atoms with Crippen LogP contribution in [-0.4, -0.2) is 40.0 Å². The van der Waals surface area contributed by atoms with Crippen LogP contribution >= 0.6 is 23.2 Å². The molecule has 3 rings (SSSR count). The Hall–Kier alpha value is -2.05. The highest BCUT2D eigenvalue weighted by Gasteiger charge is 2.28. The summed E-state index contributed by atoms with van der Waals surface area (Å²) in [6.45, 7) is 5.58. The normalized spacial score (nSPS) is 13.6. The molecule has 0 unspecified atom stereocenters. The molecule has 0 spiro atoms. The summed E-state index contributed by atoms with van der Waals surface area (Å²) in [6, 6.07) is 5.12. The minimum absolute atomic E-state index is 0.0420. The number of benzene rings is 1. The Morgan fingerprint density at radius 2 is 2.11 bits per heavy atom. The van der Waals surface area contributed by atoms with E-state index in [1.54, 1.807) is 23.1 Å². The third kappa shape index (κ3) is 4.62. The summed E-state index contributed by atoms with van der Waals surface area (Å²) in [5.74, 6) is 0.0989. The molecule has 0 saturated heterocycles. The summed E-state index contributed by atoms with van der Waals surface area (Å²) < 4.78 is 0. The second-order valence-electron chi connectivity index (χ2n) is 7.11. The SMILES string of the molecule is CC(C)CNC(=O)c1n[nH]c2c1CN(C(=O)Cc1ccc(Cl)cc1Cl)CC2. The van der Waals surface area contributed by atoms with E-state index in [9.17, 15) is 9.59 Å². The van der Waals surface area contributed by atoms with E-state index in [4.69, 9.17) is 23.2 Å². The van der Waals surface area contributed by atoms with E-state index in [1.807, 2.05) is 13.8 Å². The van der Waals surface area contributed by atoms with E-state index >= 15 is 0 Å². The highest BCUT2D eigenvalue weighted by Crippen LogP contribution is 2.24. The molecule has 0 radical (unpaired) electrons. The molecular formula is C19H22Cl2N4O2. The van der Waals surface area contributed by atoms with Crippen molar-refractivity contribution in [3.8, 4) is 0 Å². The predicted molar refractivity (Wildman–Crippen MR) is 105 cm³/mol. The lowest BCUT2D eigenvalue weighted by Gasteiger charge is -2.27. The van der Waals surface area contributed by atoms with Crippen molar-refractivity contribution in [2.24, 2.45) is 5.92 Å². The smallest absolute Gasteiger partial charge is 0.272 e. The van der Waals surface area contributed by atoms with Crippen LogP contribution in [-0.2, 0) is 24.2 Å². The summed E-state index contributed by atoms with van der Waals surface area (Å²) in [5, 5.41) is 11.0. The fourth-order valence-corrected chi connectivity index (χ4v) is 3.49. The molecule has 0 fully saturated rings. The predicted octanol–water partition coefficient (Wildman–Crippen LogP) is 3.23. The molecule has 1 aromatic carbocycles. The lowest BCUT2D eigenvalue weighted by molar-refractivity contribution is -0.131. The van der Waals surface area contributed by atoms with E-state index in [0.29, 0.717) is 47.7 Å². The first kappa shape index (κ1) is 19.7. The number of fused-ring (bicyclic) bond motifs is 1. The van der Waals surface area contributed by atoms with E-state index in [-0.39, 0.29) is 18.2 Å². The molecule has 2 aromatic rings. The lowest BCUT2D eigenvalue weighted by atomic mass is 10.0. The van der Waals surface area contributed by atoms with Gasteiger partial charge < -0.3 is 10.2 Å². The number of hydrogen-bond donors (Lipinski definition) is 2. The van der Waals surface area contributed by atoms with Crippen molar-refractivity contribution in [1.29, 1.82) is 0 Å². The Morgan fingerprint density at radius 3 is 2.81 bits per heavy atom. The fourth-order valence-electron chi connectivity index (χ4n) is 3.02. The summed E-state index contributed by atoms with van der Waals surface area (Å²) in [5.41, 5.74) is 2.81. The van der Waals surface area contributed by atoms with Gasteiger partial charge in [-0.1, -0.05) is 43.1 Å². The lowest BCUT2D eigenvalue weighted by Crippen LogP contribution is -2.38. The van der Waals surface area contributed by atoms with Gasteiger partial charge in [0.25, 0.3) is 5.91 Å². The fraction of sp³-hybridized carbons (Fsp3) is 0.421. The maximum absolute atomic E-state index is 12.7. The number of nitrogens with one attached hydrogen (secondary N) is 2. The number of carbonyl (C=O) groups excluding carboxylic acids is 2. The van der Waals surface area contributed by atoms with Crippen LogP contribution in [0.3, 0.4) is 0 Å². The van der Waals surface area contributed by atoms with Crippen molar-refractivity contribution < 1.29 is 9.59 Å². The maximum atomic E-state index is 12.7. The van der Waals surface area contributed by atoms with Crippen LogP contribution in [0.25, 0.3) is 0 Å². The van der Waals surface area contributed by atoms with Crippen molar-refractivity contribution in [3.63, 3.8) is 0 Å². The van der Waals surface area contributed by atoms with E-state index in [2.05, 4.69) is 15.5 Å². The van der Waals surface area contributed by atoms with Gasteiger partial charge in [0.1, 0.15) is 0 Å². The summed E-state index contributed by atoms with van der Waals surface area (Å²) in [7, 11) is 0. The third-order valence-corrected chi connectivity index (χ3v) is 5.12. The molecule has 6 nitrogen and oxygen atoms in total. The molecule has 8 heteroatoms. The Morgan fingerprint density at radius 1 is 1.33 bits per heavy atom. The molecular weight excluding hydrogens is 387 g/mol. The highest BCUT2D eigenvalue weighted by molar-refractivity contribution is 6.35. The summed E-state index contributed by atoms with van der Waals surface area (Å²) >= 11 is 12.1. The van der Waals surface area contributed by atoms with Crippen molar-refractivity contribution in [2.75, 3.05) is 13.1 Å². The van der Waals surface area contributed by atoms with Crippen LogP contribution in [0.5, 0.6) is 0 Å². The first-order valence-electron chi connectivity index (χ1n) is 8.91. The standard InChI is InChI=1S/C19H22Cl2N4O2/c1-11(2)9-22-19(27)18-14-10-25(6-5-16(14)23-24-18)17(26)7-12-3-4-13(20)8-15(12)21/h3-4,8,11H,5-7,9-10H2,1-2H3,(H,22,27)(H,23,24). The average molecular weight is 409 g/mol. The van der Waals surface area contributed by atoms with Gasteiger partial charge >= 0.3 is 0 Å². The van der Waals surface area contributed by atoms with Gasteiger partial charge in [-0.2, -0.15) is 5.10 Å². The largest absolute Gasteiger partial charge is 0.350 e. The number of halogens is 2. The number of amides is 2. The van der Waals surface area contributed by atoms with Crippen molar-refractivity contribution >= 4 is 35.0 Å². The average Bonchev–Trinajstić information content (AvgIpc) is 3.05. The summed E-state index contributed by atoms with van der Waals surface area (Å²) in [4.78, 5) is 26.9. The second kappa shape index (κ2) is 8.31. The number of carbonyl (C=O) groups is 2. The molecule has 0 saturated carbocycles. The molecule has 1 aromatic heterocycles. The molecule has 144 valence electrons. The number of H-pyrrole nitrogens is 1. The van der Waals surface area contributed by atoms with Gasteiger partial charge in [0, 0.05) is 47.4 Å². The van der Waals surface area contributed by atoms with Crippen LogP contribution in [0.4, 0.5) is 0 Å². The molecule has 27 heavy (non-hydrogen) atoms. The molecule has 1 aliphatic rings. The van der Waals surface area contributed by atoms with Crippen molar-refractivity contribution in [2.45, 2.75) is 33.2 Å². The second-order valence-corrected chi connectivity index (χ2v) is 7.95. The van der Waals surface area contributed by atoms with E-state index in [0.717, 1.165) is 16.8 Å².